The van der Waals surface area contributed by atoms with Crippen molar-refractivity contribution >= 4 is 5.91 Å². The van der Waals surface area contributed by atoms with Crippen LogP contribution in [0.25, 0.3) is 0 Å². The second-order valence-corrected chi connectivity index (χ2v) is 2.70. The summed E-state index contributed by atoms with van der Waals surface area (Å²) in [5.74, 6) is 0.326. The monoisotopic (exact) mass is 174 g/mol. The van der Waals surface area contributed by atoms with Crippen LogP contribution in [-0.4, -0.2) is 19.5 Å². The molecule has 1 atom stereocenters. The van der Waals surface area contributed by atoms with Gasteiger partial charge >= 0.3 is 0 Å². The molecule has 0 aliphatic heterocycles. The summed E-state index contributed by atoms with van der Waals surface area (Å²) in [6.45, 7) is 8.41. The number of hydrogen-bond acceptors (Lipinski definition) is 2. The summed E-state index contributed by atoms with van der Waals surface area (Å²) < 4.78 is 0. The molecule has 3 N–H and O–H groups in total. The Hall–Kier alpha value is -0.570. The molecule has 0 aromatic carbocycles. The van der Waals surface area contributed by atoms with E-state index in [1.807, 2.05) is 27.7 Å². The first-order valence-corrected chi connectivity index (χ1v) is 4.55. The van der Waals surface area contributed by atoms with Gasteiger partial charge in [0, 0.05) is 13.6 Å². The zero-order valence-corrected chi connectivity index (χ0v) is 8.85. The van der Waals surface area contributed by atoms with Gasteiger partial charge in [0.1, 0.15) is 0 Å². The molecular weight excluding hydrogens is 152 g/mol. The molecule has 0 rings (SSSR count). The highest BCUT2D eigenvalue weighted by Crippen LogP contribution is 2.07. The molecule has 0 saturated carbocycles. The lowest BCUT2D eigenvalue weighted by Crippen LogP contribution is -2.35. The van der Waals surface area contributed by atoms with Gasteiger partial charge in [0.2, 0.25) is 5.91 Å². The molecule has 0 bridgehead atoms. The Labute approximate surface area is 75.7 Å². The molecule has 0 aliphatic rings. The van der Waals surface area contributed by atoms with Crippen LogP contribution in [0.4, 0.5) is 0 Å². The van der Waals surface area contributed by atoms with Gasteiger partial charge in [-0.3, -0.25) is 4.79 Å². The smallest absolute Gasteiger partial charge is 0.224 e. The minimum atomic E-state index is -0.0370. The molecule has 0 aliphatic carbocycles. The van der Waals surface area contributed by atoms with E-state index < -0.39 is 0 Å². The first kappa shape index (κ1) is 14.0. The van der Waals surface area contributed by atoms with E-state index >= 15 is 0 Å². The first-order chi connectivity index (χ1) is 5.63. The molecule has 1 unspecified atom stereocenters. The van der Waals surface area contributed by atoms with Crippen LogP contribution in [0.15, 0.2) is 0 Å². The quantitative estimate of drug-likeness (QED) is 0.670. The molecule has 3 nitrogen and oxygen atoms in total. The van der Waals surface area contributed by atoms with E-state index in [2.05, 4.69) is 5.32 Å². The molecule has 0 heterocycles. The number of carbonyl (C=O) groups excluding carboxylic acids is 1. The maximum atomic E-state index is 11.0. The van der Waals surface area contributed by atoms with Crippen LogP contribution in [0, 0.1) is 11.8 Å². The van der Waals surface area contributed by atoms with E-state index in [1.54, 1.807) is 7.05 Å². The molecule has 0 aromatic rings. The largest absolute Gasteiger partial charge is 0.359 e. The fraction of sp³-hybridized carbons (Fsp3) is 0.889. The highest BCUT2D eigenvalue weighted by Gasteiger charge is 2.18. The number of nitrogens with two attached hydrogens (primary N) is 1. The summed E-state index contributed by atoms with van der Waals surface area (Å²) in [6, 6.07) is 0. The number of hydrogen-bond donors (Lipinski definition) is 2. The van der Waals surface area contributed by atoms with Crippen molar-refractivity contribution in [1.29, 1.82) is 0 Å². The van der Waals surface area contributed by atoms with Gasteiger partial charge in [-0.1, -0.05) is 27.7 Å². The van der Waals surface area contributed by atoms with Crippen molar-refractivity contribution in [3.63, 3.8) is 0 Å². The summed E-state index contributed by atoms with van der Waals surface area (Å²) in [5.41, 5.74) is 5.39. The molecule has 3 heteroatoms. The standard InChI is InChI=1S/C7H16N2O.C2H6/c1-5(2)6(4-8)7(10)9-3;1-2/h5-6H,4,8H2,1-3H3,(H,9,10);1-2H3. The van der Waals surface area contributed by atoms with Crippen LogP contribution >= 0.6 is 0 Å². The van der Waals surface area contributed by atoms with E-state index in [1.165, 1.54) is 0 Å². The molecule has 0 saturated heterocycles. The van der Waals surface area contributed by atoms with Crippen molar-refractivity contribution in [2.24, 2.45) is 17.6 Å². The number of amides is 1. The zero-order chi connectivity index (χ0) is 10.1. The molecule has 0 spiro atoms. The third-order valence-electron chi connectivity index (χ3n) is 1.64. The minimum Gasteiger partial charge on any atom is -0.359 e. The number of carbonyl (C=O) groups is 1. The van der Waals surface area contributed by atoms with Crippen LogP contribution in [0.3, 0.4) is 0 Å². The maximum Gasteiger partial charge on any atom is 0.224 e. The van der Waals surface area contributed by atoms with E-state index in [0.29, 0.717) is 12.5 Å². The highest BCUT2D eigenvalue weighted by molar-refractivity contribution is 5.78. The lowest BCUT2D eigenvalue weighted by Gasteiger charge is -2.16. The van der Waals surface area contributed by atoms with Gasteiger partial charge in [-0.15, -0.1) is 0 Å². The SMILES string of the molecule is CC.CNC(=O)C(CN)C(C)C. The molecule has 0 fully saturated rings. The third-order valence-corrected chi connectivity index (χ3v) is 1.64. The number of rotatable bonds is 3. The summed E-state index contributed by atoms with van der Waals surface area (Å²) in [7, 11) is 1.63. The van der Waals surface area contributed by atoms with E-state index in [0.717, 1.165) is 0 Å². The van der Waals surface area contributed by atoms with Gasteiger partial charge in [-0.25, -0.2) is 0 Å². The van der Waals surface area contributed by atoms with Crippen LogP contribution in [-0.2, 0) is 4.79 Å². The Kier molecular flexibility index (Phi) is 9.93. The van der Waals surface area contributed by atoms with Gasteiger partial charge in [0.15, 0.2) is 0 Å². The zero-order valence-electron chi connectivity index (χ0n) is 8.85. The molecule has 74 valence electrons. The Bertz CT molecular complexity index is 113. The van der Waals surface area contributed by atoms with Gasteiger partial charge < -0.3 is 11.1 Å². The van der Waals surface area contributed by atoms with Crippen molar-refractivity contribution < 1.29 is 4.79 Å². The van der Waals surface area contributed by atoms with E-state index in [-0.39, 0.29) is 11.8 Å². The maximum absolute atomic E-state index is 11.0. The van der Waals surface area contributed by atoms with E-state index in [9.17, 15) is 4.79 Å². The summed E-state index contributed by atoms with van der Waals surface area (Å²) in [5, 5.41) is 2.58. The van der Waals surface area contributed by atoms with Crippen molar-refractivity contribution in [2.45, 2.75) is 27.7 Å². The Morgan fingerprint density at radius 1 is 1.42 bits per heavy atom. The second kappa shape index (κ2) is 8.53. The summed E-state index contributed by atoms with van der Waals surface area (Å²) >= 11 is 0. The Balaban J connectivity index is 0. The predicted molar refractivity (Wildman–Crippen MR) is 52.8 cm³/mol. The van der Waals surface area contributed by atoms with Crippen molar-refractivity contribution in [1.82, 2.24) is 5.32 Å². The first-order valence-electron chi connectivity index (χ1n) is 4.55. The van der Waals surface area contributed by atoms with Crippen molar-refractivity contribution in [2.75, 3.05) is 13.6 Å². The average molecular weight is 174 g/mol. The molecule has 0 aromatic heterocycles. The fourth-order valence-electron chi connectivity index (χ4n) is 0.867. The second-order valence-electron chi connectivity index (χ2n) is 2.70. The van der Waals surface area contributed by atoms with Crippen LogP contribution in [0.5, 0.6) is 0 Å². The van der Waals surface area contributed by atoms with E-state index in [4.69, 9.17) is 5.73 Å². The topological polar surface area (TPSA) is 55.1 Å². The average Bonchev–Trinajstić information content (AvgIpc) is 2.08. The normalized spacial score (nSPS) is 11.6. The highest BCUT2D eigenvalue weighted by atomic mass is 16.1. The summed E-state index contributed by atoms with van der Waals surface area (Å²) in [4.78, 5) is 11.0. The van der Waals surface area contributed by atoms with Gasteiger partial charge in [-0.2, -0.15) is 0 Å². The van der Waals surface area contributed by atoms with Crippen molar-refractivity contribution in [3.8, 4) is 0 Å². The van der Waals surface area contributed by atoms with Gasteiger partial charge in [0.25, 0.3) is 0 Å². The van der Waals surface area contributed by atoms with Gasteiger partial charge in [-0.05, 0) is 5.92 Å². The number of nitrogens with one attached hydrogen (secondary N) is 1. The molecule has 0 radical (unpaired) electrons. The molecular formula is C9H22N2O. The predicted octanol–water partition coefficient (Wildman–Crippen LogP) is 0.989. The lowest BCUT2D eigenvalue weighted by atomic mass is 9.95. The summed E-state index contributed by atoms with van der Waals surface area (Å²) in [6.07, 6.45) is 0. The van der Waals surface area contributed by atoms with Crippen LogP contribution in [0.2, 0.25) is 0 Å². The molecule has 12 heavy (non-hydrogen) atoms. The van der Waals surface area contributed by atoms with Gasteiger partial charge in [0.05, 0.1) is 5.92 Å². The third kappa shape index (κ3) is 5.13. The Morgan fingerprint density at radius 3 is 1.92 bits per heavy atom. The lowest BCUT2D eigenvalue weighted by molar-refractivity contribution is -0.125. The Morgan fingerprint density at radius 2 is 1.83 bits per heavy atom. The van der Waals surface area contributed by atoms with Crippen LogP contribution < -0.4 is 11.1 Å². The fourth-order valence-corrected chi connectivity index (χ4v) is 0.867. The van der Waals surface area contributed by atoms with Crippen molar-refractivity contribution in [3.05, 3.63) is 0 Å². The molecule has 1 amide bonds. The van der Waals surface area contributed by atoms with Crippen LogP contribution in [0.1, 0.15) is 27.7 Å². The minimum absolute atomic E-state index is 0.0370.